The summed E-state index contributed by atoms with van der Waals surface area (Å²) in [7, 11) is 0. The van der Waals surface area contributed by atoms with Gasteiger partial charge in [0, 0.05) is 49.9 Å². The molecule has 7 heteroatoms. The minimum atomic E-state index is -0.0541. The van der Waals surface area contributed by atoms with E-state index in [4.69, 9.17) is 16.3 Å². The largest absolute Gasteiger partial charge is 0.482 e. The van der Waals surface area contributed by atoms with Gasteiger partial charge >= 0.3 is 0 Å². The molecule has 2 aliphatic heterocycles. The number of carbonyl (C=O) groups is 2. The number of hydrogen-bond donors (Lipinski definition) is 0. The second kappa shape index (κ2) is 10.3. The lowest BCUT2D eigenvalue weighted by Gasteiger charge is -2.36. The second-order valence-electron chi connectivity index (χ2n) is 9.71. The van der Waals surface area contributed by atoms with Crippen LogP contribution in [0.1, 0.15) is 45.6 Å². The van der Waals surface area contributed by atoms with Crippen LogP contribution >= 0.6 is 11.6 Å². The molecule has 2 heterocycles. The number of fused-ring (bicyclic) bond motifs is 1. The van der Waals surface area contributed by atoms with E-state index in [1.54, 1.807) is 4.90 Å². The average Bonchev–Trinajstić information content (AvgIpc) is 2.85. The Kier molecular flexibility index (Phi) is 7.36. The highest BCUT2D eigenvalue weighted by Gasteiger charge is 2.29. The van der Waals surface area contributed by atoms with Gasteiger partial charge in [0.05, 0.1) is 5.69 Å². The van der Waals surface area contributed by atoms with Crippen molar-refractivity contribution in [2.75, 3.05) is 49.1 Å². The van der Waals surface area contributed by atoms with Gasteiger partial charge in [0.25, 0.3) is 5.91 Å². The highest BCUT2D eigenvalue weighted by molar-refractivity contribution is 6.30. The molecule has 2 amide bonds. The molecule has 0 radical (unpaired) electrons. The zero-order valence-electron chi connectivity index (χ0n) is 20.3. The zero-order valence-corrected chi connectivity index (χ0v) is 21.1. The summed E-state index contributed by atoms with van der Waals surface area (Å²) >= 11 is 6.12. The Morgan fingerprint density at radius 3 is 2.56 bits per heavy atom. The molecule has 2 aromatic carbocycles. The normalized spacial score (nSPS) is 16.4. The molecule has 0 atom stereocenters. The quantitative estimate of drug-likeness (QED) is 0.563. The van der Waals surface area contributed by atoms with Gasteiger partial charge < -0.3 is 19.4 Å². The van der Waals surface area contributed by atoms with E-state index in [-0.39, 0.29) is 23.8 Å². The van der Waals surface area contributed by atoms with Crippen LogP contribution in [0.4, 0.5) is 11.4 Å². The summed E-state index contributed by atoms with van der Waals surface area (Å²) in [5, 5.41) is 0.723. The second-order valence-corrected chi connectivity index (χ2v) is 10.1. The van der Waals surface area contributed by atoms with Crippen molar-refractivity contribution in [3.05, 3.63) is 53.1 Å². The van der Waals surface area contributed by atoms with Crippen LogP contribution in [0.3, 0.4) is 0 Å². The van der Waals surface area contributed by atoms with Gasteiger partial charge in [-0.2, -0.15) is 0 Å². The number of ether oxygens (including phenoxy) is 1. The van der Waals surface area contributed by atoms with Gasteiger partial charge in [0.2, 0.25) is 5.91 Å². The van der Waals surface area contributed by atoms with Gasteiger partial charge in [-0.25, -0.2) is 0 Å². The SMILES string of the molecule is CCC(C)(C)c1ccc2c(c1)N(CCCC(=O)N1CCN(c3cccc(Cl)c3)CC1)C(=O)CO2. The smallest absolute Gasteiger partial charge is 0.265 e. The van der Waals surface area contributed by atoms with Crippen molar-refractivity contribution in [3.63, 3.8) is 0 Å². The maximum absolute atomic E-state index is 12.8. The number of amides is 2. The summed E-state index contributed by atoms with van der Waals surface area (Å²) in [5.74, 6) is 0.827. The first kappa shape index (κ1) is 24.4. The first-order chi connectivity index (χ1) is 16.3. The first-order valence-corrected chi connectivity index (χ1v) is 12.5. The molecule has 0 spiro atoms. The summed E-state index contributed by atoms with van der Waals surface area (Å²) in [6, 6.07) is 14.0. The first-order valence-electron chi connectivity index (χ1n) is 12.1. The number of hydrogen-bond acceptors (Lipinski definition) is 4. The lowest BCUT2D eigenvalue weighted by molar-refractivity contribution is -0.131. The molecule has 0 aromatic heterocycles. The van der Waals surface area contributed by atoms with E-state index in [0.717, 1.165) is 41.7 Å². The standard InChI is InChI=1S/C27H34ClN3O3/c1-4-27(2,3)20-10-11-24-23(17-20)31(26(33)19-34-24)12-6-9-25(32)30-15-13-29(14-16-30)22-8-5-7-21(28)18-22/h5,7-8,10-11,17-18H,4,6,9,12-16,19H2,1-3H3. The lowest BCUT2D eigenvalue weighted by Crippen LogP contribution is -2.49. The Hall–Kier alpha value is -2.73. The molecule has 0 N–H and O–H groups in total. The maximum atomic E-state index is 12.8. The van der Waals surface area contributed by atoms with Crippen LogP contribution in [-0.4, -0.2) is 56.0 Å². The lowest BCUT2D eigenvalue weighted by atomic mass is 9.82. The number of anilines is 2. The maximum Gasteiger partial charge on any atom is 0.265 e. The molecule has 0 unspecified atom stereocenters. The number of halogens is 1. The summed E-state index contributed by atoms with van der Waals surface area (Å²) in [5.41, 5.74) is 3.11. The monoisotopic (exact) mass is 483 g/mol. The third-order valence-corrected chi connectivity index (χ3v) is 7.38. The molecule has 6 nitrogen and oxygen atoms in total. The molecular weight excluding hydrogens is 450 g/mol. The minimum absolute atomic E-state index is 0.0182. The van der Waals surface area contributed by atoms with Crippen molar-refractivity contribution in [3.8, 4) is 5.75 Å². The highest BCUT2D eigenvalue weighted by atomic mass is 35.5. The fourth-order valence-electron chi connectivity index (χ4n) is 4.51. The zero-order chi connectivity index (χ0) is 24.3. The molecule has 4 rings (SSSR count). The van der Waals surface area contributed by atoms with Gasteiger partial charge in [-0.05, 0) is 54.2 Å². The Morgan fingerprint density at radius 1 is 1.09 bits per heavy atom. The summed E-state index contributed by atoms with van der Waals surface area (Å²) in [4.78, 5) is 31.5. The third-order valence-electron chi connectivity index (χ3n) is 7.15. The molecule has 0 saturated carbocycles. The van der Waals surface area contributed by atoms with Crippen LogP contribution in [0.2, 0.25) is 5.02 Å². The van der Waals surface area contributed by atoms with Gasteiger partial charge in [-0.15, -0.1) is 0 Å². The number of carbonyl (C=O) groups excluding carboxylic acids is 2. The van der Waals surface area contributed by atoms with Crippen LogP contribution in [0.15, 0.2) is 42.5 Å². The molecule has 182 valence electrons. The Balaban J connectivity index is 1.33. The number of rotatable bonds is 7. The van der Waals surface area contributed by atoms with E-state index in [1.807, 2.05) is 35.2 Å². The summed E-state index contributed by atoms with van der Waals surface area (Å²) in [6.07, 6.45) is 2.05. The van der Waals surface area contributed by atoms with E-state index in [9.17, 15) is 9.59 Å². The van der Waals surface area contributed by atoms with Crippen molar-refractivity contribution >= 4 is 34.8 Å². The van der Waals surface area contributed by atoms with Gasteiger partial charge in [0.15, 0.2) is 6.61 Å². The number of benzene rings is 2. The summed E-state index contributed by atoms with van der Waals surface area (Å²) < 4.78 is 5.66. The van der Waals surface area contributed by atoms with Crippen molar-refractivity contribution < 1.29 is 14.3 Å². The highest BCUT2D eigenvalue weighted by Crippen LogP contribution is 2.37. The molecule has 0 bridgehead atoms. The van der Waals surface area contributed by atoms with Gasteiger partial charge in [-0.3, -0.25) is 9.59 Å². The van der Waals surface area contributed by atoms with E-state index >= 15 is 0 Å². The van der Waals surface area contributed by atoms with Gasteiger partial charge in [-0.1, -0.05) is 44.5 Å². The molecule has 2 aromatic rings. The fraction of sp³-hybridized carbons (Fsp3) is 0.481. The minimum Gasteiger partial charge on any atom is -0.482 e. The predicted molar refractivity (Wildman–Crippen MR) is 137 cm³/mol. The van der Waals surface area contributed by atoms with Crippen molar-refractivity contribution in [2.24, 2.45) is 0 Å². The molecule has 34 heavy (non-hydrogen) atoms. The van der Waals surface area contributed by atoms with E-state index < -0.39 is 0 Å². The molecule has 0 aliphatic carbocycles. The Labute approximate surface area is 207 Å². The van der Waals surface area contributed by atoms with Crippen LogP contribution < -0.4 is 14.5 Å². The van der Waals surface area contributed by atoms with Crippen LogP contribution in [-0.2, 0) is 15.0 Å². The third kappa shape index (κ3) is 5.33. The molecular formula is C27H34ClN3O3. The van der Waals surface area contributed by atoms with Crippen LogP contribution in [0.25, 0.3) is 0 Å². The van der Waals surface area contributed by atoms with Crippen molar-refractivity contribution in [1.29, 1.82) is 0 Å². The molecule has 2 aliphatic rings. The van der Waals surface area contributed by atoms with E-state index in [0.29, 0.717) is 32.5 Å². The Bertz CT molecular complexity index is 1050. The molecule has 1 fully saturated rings. The van der Waals surface area contributed by atoms with Crippen LogP contribution in [0.5, 0.6) is 5.75 Å². The summed E-state index contributed by atoms with van der Waals surface area (Å²) in [6.45, 7) is 10.1. The van der Waals surface area contributed by atoms with Crippen LogP contribution in [0, 0.1) is 0 Å². The molecule has 1 saturated heterocycles. The average molecular weight is 484 g/mol. The topological polar surface area (TPSA) is 53.1 Å². The van der Waals surface area contributed by atoms with Crippen molar-refractivity contribution in [1.82, 2.24) is 4.90 Å². The number of nitrogens with zero attached hydrogens (tertiary/aromatic N) is 3. The van der Waals surface area contributed by atoms with Crippen molar-refractivity contribution in [2.45, 2.75) is 45.4 Å². The van der Waals surface area contributed by atoms with E-state index in [1.165, 1.54) is 5.56 Å². The Morgan fingerprint density at radius 2 is 1.85 bits per heavy atom. The van der Waals surface area contributed by atoms with E-state index in [2.05, 4.69) is 37.8 Å². The fourth-order valence-corrected chi connectivity index (χ4v) is 4.69. The number of piperazine rings is 1. The van der Waals surface area contributed by atoms with Gasteiger partial charge in [0.1, 0.15) is 5.75 Å². The predicted octanol–water partition coefficient (Wildman–Crippen LogP) is 4.88.